The van der Waals surface area contributed by atoms with Crippen LogP contribution in [0.4, 0.5) is 5.69 Å². The Hall–Kier alpha value is -1.77. The van der Waals surface area contributed by atoms with Crippen molar-refractivity contribution in [2.45, 2.75) is 13.8 Å². The average molecular weight is 192 g/mol. The molecular formula is C11H16N2O. The molecule has 0 bridgehead atoms. The fourth-order valence-electron chi connectivity index (χ4n) is 0.647. The molecule has 3 nitrogen and oxygen atoms in total. The molecule has 0 atom stereocenters. The number of benzene rings is 1. The fourth-order valence-corrected chi connectivity index (χ4v) is 0.647. The number of nitrogens with two attached hydrogens (primary N) is 2. The van der Waals surface area contributed by atoms with Gasteiger partial charge in [-0.3, -0.25) is 4.79 Å². The van der Waals surface area contributed by atoms with Crippen molar-refractivity contribution in [1.82, 2.24) is 0 Å². The molecule has 14 heavy (non-hydrogen) atoms. The first-order valence-corrected chi connectivity index (χ1v) is 4.21. The second kappa shape index (κ2) is 5.80. The molecule has 0 spiro atoms. The number of primary amides is 1. The highest BCUT2D eigenvalue weighted by atomic mass is 16.1. The molecule has 0 aromatic heterocycles. The third kappa shape index (κ3) is 5.83. The van der Waals surface area contributed by atoms with Gasteiger partial charge >= 0.3 is 0 Å². The van der Waals surface area contributed by atoms with Gasteiger partial charge in [0, 0.05) is 11.3 Å². The largest absolute Gasteiger partial charge is 0.399 e. The summed E-state index contributed by atoms with van der Waals surface area (Å²) in [5.74, 6) is -0.431. The van der Waals surface area contributed by atoms with Crippen molar-refractivity contribution in [2.75, 3.05) is 5.73 Å². The van der Waals surface area contributed by atoms with Gasteiger partial charge in [-0.15, -0.1) is 6.58 Å². The standard InChI is InChI=1S/C7H8N2O.C4H8/c8-6-3-1-5(2-4-6)7(9)10;1-4(2)3/h1-4H,8H2,(H2,9,10);1H2,2-3H3. The number of carbonyl (C=O) groups excluding carboxylic acids is 1. The molecule has 0 heterocycles. The predicted molar refractivity (Wildman–Crippen MR) is 59.9 cm³/mol. The van der Waals surface area contributed by atoms with E-state index in [1.807, 2.05) is 13.8 Å². The second-order valence-corrected chi connectivity index (χ2v) is 3.19. The Labute approximate surface area is 84.4 Å². The van der Waals surface area contributed by atoms with Gasteiger partial charge in [0.25, 0.3) is 0 Å². The van der Waals surface area contributed by atoms with E-state index in [2.05, 4.69) is 6.58 Å². The Morgan fingerprint density at radius 3 is 1.86 bits per heavy atom. The van der Waals surface area contributed by atoms with Crippen LogP contribution in [0.1, 0.15) is 24.2 Å². The first-order valence-electron chi connectivity index (χ1n) is 4.21. The van der Waals surface area contributed by atoms with E-state index in [1.54, 1.807) is 24.3 Å². The third-order valence-electron chi connectivity index (χ3n) is 1.20. The zero-order valence-electron chi connectivity index (χ0n) is 8.58. The number of anilines is 1. The van der Waals surface area contributed by atoms with Crippen molar-refractivity contribution >= 4 is 11.6 Å². The molecule has 0 aliphatic rings. The molecule has 0 aliphatic heterocycles. The van der Waals surface area contributed by atoms with Crippen molar-refractivity contribution in [3.05, 3.63) is 42.0 Å². The Morgan fingerprint density at radius 1 is 1.21 bits per heavy atom. The van der Waals surface area contributed by atoms with Gasteiger partial charge in [0.05, 0.1) is 0 Å². The summed E-state index contributed by atoms with van der Waals surface area (Å²) in [6.07, 6.45) is 0. The fraction of sp³-hybridized carbons (Fsp3) is 0.182. The molecule has 1 amide bonds. The lowest BCUT2D eigenvalue weighted by Gasteiger charge is -1.93. The lowest BCUT2D eigenvalue weighted by molar-refractivity contribution is 0.100. The summed E-state index contributed by atoms with van der Waals surface area (Å²) in [7, 11) is 0. The first-order chi connectivity index (χ1) is 6.43. The van der Waals surface area contributed by atoms with Crippen LogP contribution in [0.15, 0.2) is 36.4 Å². The van der Waals surface area contributed by atoms with E-state index >= 15 is 0 Å². The molecule has 0 fully saturated rings. The third-order valence-corrected chi connectivity index (χ3v) is 1.20. The molecule has 3 heteroatoms. The van der Waals surface area contributed by atoms with Crippen molar-refractivity contribution in [2.24, 2.45) is 5.73 Å². The van der Waals surface area contributed by atoms with E-state index in [4.69, 9.17) is 11.5 Å². The van der Waals surface area contributed by atoms with Crippen LogP contribution in [0.25, 0.3) is 0 Å². The summed E-state index contributed by atoms with van der Waals surface area (Å²) >= 11 is 0. The highest BCUT2D eigenvalue weighted by Gasteiger charge is 1.96. The number of allylic oxidation sites excluding steroid dienone is 1. The molecule has 1 rings (SSSR count). The summed E-state index contributed by atoms with van der Waals surface area (Å²) in [6, 6.07) is 6.47. The molecule has 0 radical (unpaired) electrons. The van der Waals surface area contributed by atoms with Crippen LogP contribution in [0.2, 0.25) is 0 Å². The highest BCUT2D eigenvalue weighted by Crippen LogP contribution is 2.03. The summed E-state index contributed by atoms with van der Waals surface area (Å²) in [5, 5.41) is 0. The Kier molecular flexibility index (Phi) is 5.07. The van der Waals surface area contributed by atoms with E-state index < -0.39 is 5.91 Å². The van der Waals surface area contributed by atoms with Crippen molar-refractivity contribution in [1.29, 1.82) is 0 Å². The van der Waals surface area contributed by atoms with Crippen LogP contribution in [0.3, 0.4) is 0 Å². The minimum atomic E-state index is -0.431. The zero-order valence-corrected chi connectivity index (χ0v) is 8.58. The van der Waals surface area contributed by atoms with Crippen LogP contribution < -0.4 is 11.5 Å². The molecule has 0 aliphatic carbocycles. The van der Waals surface area contributed by atoms with Crippen LogP contribution in [-0.4, -0.2) is 5.91 Å². The number of amides is 1. The maximum absolute atomic E-state index is 10.5. The predicted octanol–water partition coefficient (Wildman–Crippen LogP) is 1.95. The van der Waals surface area contributed by atoms with Gasteiger partial charge in [-0.25, -0.2) is 0 Å². The van der Waals surface area contributed by atoms with Gasteiger partial charge in [-0.05, 0) is 38.1 Å². The number of rotatable bonds is 1. The van der Waals surface area contributed by atoms with Crippen LogP contribution in [0, 0.1) is 0 Å². The molecular weight excluding hydrogens is 176 g/mol. The van der Waals surface area contributed by atoms with E-state index in [1.165, 1.54) is 5.57 Å². The van der Waals surface area contributed by atoms with Gasteiger partial charge < -0.3 is 11.5 Å². The van der Waals surface area contributed by atoms with E-state index in [-0.39, 0.29) is 0 Å². The lowest BCUT2D eigenvalue weighted by atomic mass is 10.2. The molecule has 1 aromatic carbocycles. The number of carbonyl (C=O) groups is 1. The molecule has 4 N–H and O–H groups in total. The smallest absolute Gasteiger partial charge is 0.248 e. The van der Waals surface area contributed by atoms with Crippen molar-refractivity contribution in [3.63, 3.8) is 0 Å². The number of hydrogen-bond donors (Lipinski definition) is 2. The van der Waals surface area contributed by atoms with Crippen molar-refractivity contribution < 1.29 is 4.79 Å². The van der Waals surface area contributed by atoms with Gasteiger partial charge in [-0.2, -0.15) is 0 Å². The lowest BCUT2D eigenvalue weighted by Crippen LogP contribution is -2.10. The molecule has 0 unspecified atom stereocenters. The second-order valence-electron chi connectivity index (χ2n) is 3.19. The quantitative estimate of drug-likeness (QED) is 0.527. The van der Waals surface area contributed by atoms with Crippen LogP contribution in [0.5, 0.6) is 0 Å². The normalized spacial score (nSPS) is 8.43. The summed E-state index contributed by atoms with van der Waals surface area (Å²) in [5.41, 5.74) is 12.6. The average Bonchev–Trinajstić information content (AvgIpc) is 2.03. The van der Waals surface area contributed by atoms with Gasteiger partial charge in [-0.1, -0.05) is 5.57 Å². The zero-order chi connectivity index (χ0) is 11.1. The first kappa shape index (κ1) is 12.2. The Balaban J connectivity index is 0.000000364. The molecule has 1 aromatic rings. The highest BCUT2D eigenvalue weighted by molar-refractivity contribution is 5.92. The minimum Gasteiger partial charge on any atom is -0.399 e. The number of nitrogen functional groups attached to an aromatic ring is 1. The van der Waals surface area contributed by atoms with E-state index in [0.29, 0.717) is 11.3 Å². The number of hydrogen-bond acceptors (Lipinski definition) is 2. The van der Waals surface area contributed by atoms with Gasteiger partial charge in [0.1, 0.15) is 0 Å². The van der Waals surface area contributed by atoms with Gasteiger partial charge in [0.15, 0.2) is 0 Å². The summed E-state index contributed by atoms with van der Waals surface area (Å²) in [4.78, 5) is 10.5. The Bertz CT molecular complexity index is 311. The van der Waals surface area contributed by atoms with Crippen molar-refractivity contribution in [3.8, 4) is 0 Å². The van der Waals surface area contributed by atoms with E-state index in [9.17, 15) is 4.79 Å². The minimum absolute atomic E-state index is 0.431. The SMILES string of the molecule is C=C(C)C.NC(=O)c1ccc(N)cc1. The van der Waals surface area contributed by atoms with Crippen LogP contribution >= 0.6 is 0 Å². The maximum atomic E-state index is 10.5. The molecule has 0 saturated carbocycles. The van der Waals surface area contributed by atoms with Crippen LogP contribution in [-0.2, 0) is 0 Å². The summed E-state index contributed by atoms with van der Waals surface area (Å²) in [6.45, 7) is 7.50. The Morgan fingerprint density at radius 2 is 1.57 bits per heavy atom. The monoisotopic (exact) mass is 192 g/mol. The maximum Gasteiger partial charge on any atom is 0.248 e. The van der Waals surface area contributed by atoms with Gasteiger partial charge in [0.2, 0.25) is 5.91 Å². The molecule has 76 valence electrons. The summed E-state index contributed by atoms with van der Waals surface area (Å²) < 4.78 is 0. The van der Waals surface area contributed by atoms with E-state index in [0.717, 1.165) is 0 Å². The molecule has 0 saturated heterocycles. The topological polar surface area (TPSA) is 69.1 Å².